The first-order chi connectivity index (χ1) is 10.6. The second kappa shape index (κ2) is 6.08. The van der Waals surface area contributed by atoms with E-state index in [4.69, 9.17) is 0 Å². The molecule has 5 nitrogen and oxygen atoms in total. The number of nitrogens with one attached hydrogen (secondary N) is 1. The minimum atomic E-state index is -4.28. The molecule has 6 heteroatoms. The van der Waals surface area contributed by atoms with Crippen LogP contribution in [0.3, 0.4) is 0 Å². The highest BCUT2D eigenvalue weighted by Gasteiger charge is 2.22. The molecule has 2 N–H and O–H groups in total. The zero-order valence-electron chi connectivity index (χ0n) is 12.1. The van der Waals surface area contributed by atoms with Crippen molar-refractivity contribution < 1.29 is 13.0 Å². The normalized spacial score (nSPS) is 15.8. The number of anilines is 1. The third kappa shape index (κ3) is 3.14. The molecule has 0 amide bonds. The van der Waals surface area contributed by atoms with Gasteiger partial charge < -0.3 is 10.2 Å². The van der Waals surface area contributed by atoms with Gasteiger partial charge in [-0.05, 0) is 23.3 Å². The van der Waals surface area contributed by atoms with Crippen LogP contribution in [-0.4, -0.2) is 39.1 Å². The van der Waals surface area contributed by atoms with Crippen molar-refractivity contribution in [2.24, 2.45) is 0 Å². The van der Waals surface area contributed by atoms with Crippen molar-refractivity contribution in [2.45, 2.75) is 4.90 Å². The summed E-state index contributed by atoms with van der Waals surface area (Å²) in [6.45, 7) is 3.02. The van der Waals surface area contributed by atoms with Gasteiger partial charge in [0.2, 0.25) is 0 Å². The molecule has 0 spiro atoms. The maximum absolute atomic E-state index is 11.8. The summed E-state index contributed by atoms with van der Waals surface area (Å²) in [4.78, 5) is 1.95. The number of hydrogen-bond donors (Lipinski definition) is 2. The molecule has 0 radical (unpaired) electrons. The fourth-order valence-corrected chi connectivity index (χ4v) is 3.44. The molecule has 1 heterocycles. The second-order valence-corrected chi connectivity index (χ2v) is 6.65. The second-order valence-electron chi connectivity index (χ2n) is 5.26. The largest absolute Gasteiger partial charge is 0.368 e. The van der Waals surface area contributed by atoms with Gasteiger partial charge in [0.25, 0.3) is 10.1 Å². The first kappa shape index (κ1) is 15.0. The predicted molar refractivity (Wildman–Crippen MR) is 86.8 cm³/mol. The lowest BCUT2D eigenvalue weighted by Crippen LogP contribution is -2.44. The van der Waals surface area contributed by atoms with Gasteiger partial charge in [-0.15, -0.1) is 0 Å². The topological polar surface area (TPSA) is 69.6 Å². The Balaban J connectivity index is 2.08. The van der Waals surface area contributed by atoms with Crippen LogP contribution in [0.15, 0.2) is 53.4 Å². The Bertz CT molecular complexity index is 754. The van der Waals surface area contributed by atoms with Gasteiger partial charge in [0.1, 0.15) is 4.90 Å². The van der Waals surface area contributed by atoms with Gasteiger partial charge in [0.15, 0.2) is 0 Å². The lowest BCUT2D eigenvalue weighted by molar-refractivity contribution is 0.482. The molecular weight excluding hydrogens is 300 g/mol. The minimum Gasteiger partial charge on any atom is -0.368 e. The van der Waals surface area contributed by atoms with Gasteiger partial charge in [0.05, 0.1) is 5.69 Å². The highest BCUT2D eigenvalue weighted by molar-refractivity contribution is 7.86. The summed E-state index contributed by atoms with van der Waals surface area (Å²) in [5.41, 5.74) is 2.25. The van der Waals surface area contributed by atoms with E-state index in [1.807, 2.05) is 41.3 Å². The molecule has 0 aliphatic carbocycles. The zero-order chi connectivity index (χ0) is 15.6. The van der Waals surface area contributed by atoms with Crippen LogP contribution in [0.4, 0.5) is 5.69 Å². The molecule has 3 rings (SSSR count). The SMILES string of the molecule is O=S(=O)(O)c1cc(-c2ccccc2)ccc1N1CCNCC1. The fraction of sp³-hybridized carbons (Fsp3) is 0.250. The standard InChI is InChI=1S/C16H18N2O3S/c19-22(20,21)16-12-14(13-4-2-1-3-5-13)6-7-15(16)18-10-8-17-9-11-18/h1-7,12,17H,8-11H2,(H,19,20,21). The van der Waals surface area contributed by atoms with Crippen molar-refractivity contribution in [3.05, 3.63) is 48.5 Å². The van der Waals surface area contributed by atoms with Gasteiger partial charge >= 0.3 is 0 Å². The molecule has 0 bridgehead atoms. The highest BCUT2D eigenvalue weighted by Crippen LogP contribution is 2.31. The van der Waals surface area contributed by atoms with Crippen molar-refractivity contribution >= 4 is 15.8 Å². The Morgan fingerprint density at radius 3 is 2.27 bits per heavy atom. The quantitative estimate of drug-likeness (QED) is 0.847. The Kier molecular flexibility index (Phi) is 4.15. The Labute approximate surface area is 130 Å². The molecule has 1 saturated heterocycles. The van der Waals surface area contributed by atoms with E-state index >= 15 is 0 Å². The van der Waals surface area contributed by atoms with Crippen molar-refractivity contribution in [1.29, 1.82) is 0 Å². The number of hydrogen-bond acceptors (Lipinski definition) is 4. The number of rotatable bonds is 3. The van der Waals surface area contributed by atoms with E-state index in [1.54, 1.807) is 12.1 Å². The molecule has 0 saturated carbocycles. The Hall–Kier alpha value is -1.89. The predicted octanol–water partition coefficient (Wildman–Crippen LogP) is 2.01. The van der Waals surface area contributed by atoms with Crippen LogP contribution in [0.25, 0.3) is 11.1 Å². The van der Waals surface area contributed by atoms with Crippen LogP contribution in [0.2, 0.25) is 0 Å². The molecule has 1 fully saturated rings. The fourth-order valence-electron chi connectivity index (χ4n) is 2.70. The average molecular weight is 318 g/mol. The molecular formula is C16H18N2O3S. The number of benzene rings is 2. The van der Waals surface area contributed by atoms with Gasteiger partial charge in [-0.1, -0.05) is 36.4 Å². The zero-order valence-corrected chi connectivity index (χ0v) is 12.9. The third-order valence-electron chi connectivity index (χ3n) is 3.80. The van der Waals surface area contributed by atoms with Crippen LogP contribution in [-0.2, 0) is 10.1 Å². The van der Waals surface area contributed by atoms with Crippen molar-refractivity contribution in [2.75, 3.05) is 31.1 Å². The summed E-state index contributed by atoms with van der Waals surface area (Å²) in [6.07, 6.45) is 0. The monoisotopic (exact) mass is 318 g/mol. The first-order valence-electron chi connectivity index (χ1n) is 7.18. The van der Waals surface area contributed by atoms with Crippen LogP contribution in [0.5, 0.6) is 0 Å². The van der Waals surface area contributed by atoms with Crippen LogP contribution < -0.4 is 10.2 Å². The summed E-state index contributed by atoms with van der Waals surface area (Å²) in [6, 6.07) is 14.7. The van der Waals surface area contributed by atoms with Crippen molar-refractivity contribution in [3.8, 4) is 11.1 Å². The maximum Gasteiger partial charge on any atom is 0.296 e. The van der Waals surface area contributed by atoms with E-state index in [2.05, 4.69) is 5.32 Å². The Morgan fingerprint density at radius 1 is 0.955 bits per heavy atom. The molecule has 0 aromatic heterocycles. The van der Waals surface area contributed by atoms with Gasteiger partial charge in [0, 0.05) is 26.2 Å². The summed E-state index contributed by atoms with van der Waals surface area (Å²) in [5, 5.41) is 3.23. The van der Waals surface area contributed by atoms with Crippen molar-refractivity contribution in [3.63, 3.8) is 0 Å². The lowest BCUT2D eigenvalue weighted by atomic mass is 10.1. The highest BCUT2D eigenvalue weighted by atomic mass is 32.2. The maximum atomic E-state index is 11.8. The van der Waals surface area contributed by atoms with Gasteiger partial charge in [-0.3, -0.25) is 4.55 Å². The van der Waals surface area contributed by atoms with Crippen molar-refractivity contribution in [1.82, 2.24) is 5.32 Å². The van der Waals surface area contributed by atoms with Crippen LogP contribution >= 0.6 is 0 Å². The molecule has 1 aliphatic rings. The van der Waals surface area contributed by atoms with Crippen LogP contribution in [0, 0.1) is 0 Å². The smallest absolute Gasteiger partial charge is 0.296 e. The van der Waals surface area contributed by atoms with Gasteiger partial charge in [-0.2, -0.15) is 8.42 Å². The number of nitrogens with zero attached hydrogens (tertiary/aromatic N) is 1. The third-order valence-corrected chi connectivity index (χ3v) is 4.69. The first-order valence-corrected chi connectivity index (χ1v) is 8.62. The summed E-state index contributed by atoms with van der Waals surface area (Å²) >= 11 is 0. The van der Waals surface area contributed by atoms with E-state index in [9.17, 15) is 13.0 Å². The summed E-state index contributed by atoms with van der Waals surface area (Å²) in [5.74, 6) is 0. The number of piperazine rings is 1. The summed E-state index contributed by atoms with van der Waals surface area (Å²) in [7, 11) is -4.28. The van der Waals surface area contributed by atoms with Crippen LogP contribution in [0.1, 0.15) is 0 Å². The summed E-state index contributed by atoms with van der Waals surface area (Å²) < 4.78 is 33.2. The van der Waals surface area contributed by atoms with E-state index in [1.165, 1.54) is 0 Å². The molecule has 116 valence electrons. The molecule has 1 aliphatic heterocycles. The van der Waals surface area contributed by atoms with E-state index in [0.29, 0.717) is 18.8 Å². The van der Waals surface area contributed by atoms with Gasteiger partial charge in [-0.25, -0.2) is 0 Å². The minimum absolute atomic E-state index is 0.0317. The molecule has 22 heavy (non-hydrogen) atoms. The van der Waals surface area contributed by atoms with E-state index < -0.39 is 10.1 Å². The Morgan fingerprint density at radius 2 is 1.64 bits per heavy atom. The van der Waals surface area contributed by atoms with E-state index in [-0.39, 0.29) is 4.90 Å². The molecule has 2 aromatic rings. The van der Waals surface area contributed by atoms with E-state index in [0.717, 1.165) is 24.2 Å². The lowest BCUT2D eigenvalue weighted by Gasteiger charge is -2.30. The average Bonchev–Trinajstić information content (AvgIpc) is 2.55. The molecule has 0 unspecified atom stereocenters. The molecule has 0 atom stereocenters. The molecule has 2 aromatic carbocycles.